The Morgan fingerprint density at radius 1 is 1.44 bits per heavy atom. The number of carbonyl (C=O) groups excluding carboxylic acids is 1. The summed E-state index contributed by atoms with van der Waals surface area (Å²) in [4.78, 5) is 13.5. The molecule has 1 N–H and O–H groups in total. The number of nitrogens with one attached hydrogen (secondary N) is 1. The Kier molecular flexibility index (Phi) is 4.90. The van der Waals surface area contributed by atoms with Crippen LogP contribution in [-0.4, -0.2) is 36.1 Å². The first kappa shape index (κ1) is 14.7. The van der Waals surface area contributed by atoms with Gasteiger partial charge in [-0.2, -0.15) is 0 Å². The second kappa shape index (κ2) is 6.00. The fourth-order valence-corrected chi connectivity index (χ4v) is 2.15. The molecule has 0 aliphatic heterocycles. The molecule has 0 aliphatic carbocycles. The van der Waals surface area contributed by atoms with Crippen LogP contribution in [0.1, 0.15) is 43.3 Å². The first-order valence-electron chi connectivity index (χ1n) is 6.28. The van der Waals surface area contributed by atoms with Crippen LogP contribution < -0.4 is 5.32 Å². The van der Waals surface area contributed by atoms with Crippen LogP contribution in [0.25, 0.3) is 0 Å². The Morgan fingerprint density at radius 3 is 2.44 bits per heavy atom. The van der Waals surface area contributed by atoms with Crippen molar-refractivity contribution in [1.82, 2.24) is 15.4 Å². The Balaban J connectivity index is 2.83. The molecule has 0 aliphatic rings. The van der Waals surface area contributed by atoms with Crippen LogP contribution in [0.2, 0.25) is 0 Å². The molecule has 0 saturated heterocycles. The number of hydrogen-bond donors (Lipinski definition) is 1. The summed E-state index contributed by atoms with van der Waals surface area (Å²) in [7, 11) is 3.52. The molecule has 0 aromatic carbocycles. The van der Waals surface area contributed by atoms with Gasteiger partial charge in [0, 0.05) is 25.7 Å². The molecule has 102 valence electrons. The summed E-state index contributed by atoms with van der Waals surface area (Å²) in [5, 5.41) is 7.30. The van der Waals surface area contributed by atoms with E-state index in [1.165, 1.54) is 0 Å². The number of carbonyl (C=O) groups is 1. The third-order valence-electron chi connectivity index (χ3n) is 3.11. The van der Waals surface area contributed by atoms with E-state index >= 15 is 0 Å². The Bertz CT molecular complexity index is 393. The zero-order chi connectivity index (χ0) is 13.9. The van der Waals surface area contributed by atoms with E-state index < -0.39 is 0 Å². The van der Waals surface area contributed by atoms with Gasteiger partial charge in [0.25, 0.3) is 0 Å². The molecule has 1 aromatic heterocycles. The van der Waals surface area contributed by atoms with Crippen LogP contribution in [0.3, 0.4) is 0 Å². The maximum Gasteiger partial charge on any atom is 0.238 e. The molecule has 0 bridgehead atoms. The average molecular weight is 253 g/mol. The van der Waals surface area contributed by atoms with Crippen LogP contribution in [-0.2, 0) is 4.79 Å². The van der Waals surface area contributed by atoms with Gasteiger partial charge in [0.1, 0.15) is 5.76 Å². The van der Waals surface area contributed by atoms with Crippen LogP contribution in [0.4, 0.5) is 0 Å². The number of rotatable bonds is 5. The van der Waals surface area contributed by atoms with Gasteiger partial charge in [-0.05, 0) is 27.2 Å². The first-order chi connectivity index (χ1) is 8.38. The first-order valence-corrected chi connectivity index (χ1v) is 6.28. The molecule has 2 atom stereocenters. The standard InChI is InChI=1S/C13H23N3O2/c1-7-11(12-8(2)15-18-10(12)4)14-9(3)13(17)16(5)6/h9,11,14H,7H2,1-6H3/t9-,11-/m0/s1. The predicted octanol–water partition coefficient (Wildman–Crippen LogP) is 1.81. The monoisotopic (exact) mass is 253 g/mol. The summed E-state index contributed by atoms with van der Waals surface area (Å²) in [6, 6.07) is -0.131. The molecular formula is C13H23N3O2. The highest BCUT2D eigenvalue weighted by molar-refractivity contribution is 5.80. The molecule has 1 aromatic rings. The lowest BCUT2D eigenvalue weighted by atomic mass is 10.0. The molecule has 0 fully saturated rings. The van der Waals surface area contributed by atoms with E-state index in [9.17, 15) is 4.79 Å². The van der Waals surface area contributed by atoms with E-state index in [1.807, 2.05) is 20.8 Å². The van der Waals surface area contributed by atoms with Crippen LogP contribution in [0.5, 0.6) is 0 Å². The third-order valence-corrected chi connectivity index (χ3v) is 3.11. The molecule has 1 amide bonds. The molecule has 1 rings (SSSR count). The Hall–Kier alpha value is -1.36. The van der Waals surface area contributed by atoms with E-state index in [2.05, 4.69) is 17.4 Å². The van der Waals surface area contributed by atoms with E-state index in [-0.39, 0.29) is 18.0 Å². The normalized spacial score (nSPS) is 14.3. The minimum absolute atomic E-state index is 0.0696. The third kappa shape index (κ3) is 3.10. The van der Waals surface area contributed by atoms with Gasteiger partial charge in [-0.1, -0.05) is 12.1 Å². The molecule has 0 spiro atoms. The highest BCUT2D eigenvalue weighted by Crippen LogP contribution is 2.24. The van der Waals surface area contributed by atoms with E-state index in [0.29, 0.717) is 0 Å². The SMILES string of the molecule is CC[C@H](N[C@@H](C)C(=O)N(C)C)c1c(C)noc1C. The number of aryl methyl sites for hydroxylation is 2. The van der Waals surface area contributed by atoms with Crippen molar-refractivity contribution in [2.24, 2.45) is 0 Å². The highest BCUT2D eigenvalue weighted by atomic mass is 16.5. The topological polar surface area (TPSA) is 58.4 Å². The summed E-state index contributed by atoms with van der Waals surface area (Å²) < 4.78 is 5.18. The van der Waals surface area contributed by atoms with Crippen LogP contribution in [0, 0.1) is 13.8 Å². The molecule has 18 heavy (non-hydrogen) atoms. The van der Waals surface area contributed by atoms with Gasteiger partial charge in [-0.15, -0.1) is 0 Å². The molecular weight excluding hydrogens is 230 g/mol. The van der Waals surface area contributed by atoms with Gasteiger partial charge >= 0.3 is 0 Å². The minimum Gasteiger partial charge on any atom is -0.361 e. The summed E-state index contributed by atoms with van der Waals surface area (Å²) in [5.74, 6) is 0.886. The van der Waals surface area contributed by atoms with Crippen molar-refractivity contribution < 1.29 is 9.32 Å². The summed E-state index contributed by atoms with van der Waals surface area (Å²) in [6.45, 7) is 7.78. The zero-order valence-electron chi connectivity index (χ0n) is 12.1. The van der Waals surface area contributed by atoms with Gasteiger partial charge in [-0.25, -0.2) is 0 Å². The lowest BCUT2D eigenvalue weighted by Gasteiger charge is -2.24. The molecule has 0 unspecified atom stereocenters. The van der Waals surface area contributed by atoms with Crippen LogP contribution in [0.15, 0.2) is 4.52 Å². The number of hydrogen-bond acceptors (Lipinski definition) is 4. The molecule has 0 saturated carbocycles. The van der Waals surface area contributed by atoms with Crippen molar-refractivity contribution in [3.05, 3.63) is 17.0 Å². The van der Waals surface area contributed by atoms with Gasteiger partial charge in [-0.3, -0.25) is 10.1 Å². The molecule has 5 nitrogen and oxygen atoms in total. The zero-order valence-corrected chi connectivity index (χ0v) is 12.1. The second-order valence-corrected chi connectivity index (χ2v) is 4.82. The molecule has 1 heterocycles. The van der Waals surface area contributed by atoms with E-state index in [4.69, 9.17) is 4.52 Å². The maximum absolute atomic E-state index is 11.9. The Morgan fingerprint density at radius 2 is 2.06 bits per heavy atom. The summed E-state index contributed by atoms with van der Waals surface area (Å²) >= 11 is 0. The van der Waals surface area contributed by atoms with Crippen molar-refractivity contribution in [1.29, 1.82) is 0 Å². The summed E-state index contributed by atoms with van der Waals surface area (Å²) in [5.41, 5.74) is 1.95. The van der Waals surface area contributed by atoms with Crippen molar-refractivity contribution in [2.75, 3.05) is 14.1 Å². The fourth-order valence-electron chi connectivity index (χ4n) is 2.15. The van der Waals surface area contributed by atoms with Crippen molar-refractivity contribution >= 4 is 5.91 Å². The quantitative estimate of drug-likeness (QED) is 0.869. The van der Waals surface area contributed by atoms with Gasteiger partial charge in [0.05, 0.1) is 11.7 Å². The van der Waals surface area contributed by atoms with Gasteiger partial charge in [0.15, 0.2) is 0 Å². The van der Waals surface area contributed by atoms with Crippen molar-refractivity contribution in [2.45, 2.75) is 46.2 Å². The molecule has 0 radical (unpaired) electrons. The average Bonchev–Trinajstić information content (AvgIpc) is 2.65. The van der Waals surface area contributed by atoms with Gasteiger partial charge < -0.3 is 9.42 Å². The van der Waals surface area contributed by atoms with Crippen molar-refractivity contribution in [3.63, 3.8) is 0 Å². The largest absolute Gasteiger partial charge is 0.361 e. The smallest absolute Gasteiger partial charge is 0.238 e. The lowest BCUT2D eigenvalue weighted by molar-refractivity contribution is -0.130. The minimum atomic E-state index is -0.223. The lowest BCUT2D eigenvalue weighted by Crippen LogP contribution is -2.43. The Labute approximate surface area is 109 Å². The highest BCUT2D eigenvalue weighted by Gasteiger charge is 2.23. The van der Waals surface area contributed by atoms with Crippen molar-refractivity contribution in [3.8, 4) is 0 Å². The van der Waals surface area contributed by atoms with E-state index in [1.54, 1.807) is 19.0 Å². The summed E-state index contributed by atoms with van der Waals surface area (Å²) in [6.07, 6.45) is 0.883. The number of amides is 1. The molecule has 5 heteroatoms. The fraction of sp³-hybridized carbons (Fsp3) is 0.692. The van der Waals surface area contributed by atoms with Crippen LogP contribution >= 0.6 is 0 Å². The maximum atomic E-state index is 11.9. The number of nitrogens with zero attached hydrogens (tertiary/aromatic N) is 2. The number of aromatic nitrogens is 1. The van der Waals surface area contributed by atoms with Gasteiger partial charge in [0.2, 0.25) is 5.91 Å². The predicted molar refractivity (Wildman–Crippen MR) is 70.3 cm³/mol. The van der Waals surface area contributed by atoms with E-state index in [0.717, 1.165) is 23.4 Å². The second-order valence-electron chi connectivity index (χ2n) is 4.82. The number of likely N-dealkylation sites (N-methyl/N-ethyl adjacent to an activating group) is 1.